The molecule has 1 heterocycles. The van der Waals surface area contributed by atoms with Crippen LogP contribution < -0.4 is 5.56 Å². The summed E-state index contributed by atoms with van der Waals surface area (Å²) in [5.74, 6) is 0. The highest BCUT2D eigenvalue weighted by molar-refractivity contribution is 5.33. The number of pyridine rings is 1. The number of hydrogen-bond donors (Lipinski definition) is 0. The highest BCUT2D eigenvalue weighted by atomic mass is 16.1. The Kier molecular flexibility index (Phi) is 2.76. The monoisotopic (exact) mass is 190 g/mol. The molecule has 0 aliphatic heterocycles. The van der Waals surface area contributed by atoms with Gasteiger partial charge in [-0.15, -0.1) is 0 Å². The van der Waals surface area contributed by atoms with E-state index in [1.165, 1.54) is 0 Å². The van der Waals surface area contributed by atoms with Crippen molar-refractivity contribution in [3.63, 3.8) is 0 Å². The molecule has 3 nitrogen and oxygen atoms in total. The Morgan fingerprint density at radius 2 is 2.00 bits per heavy atom. The van der Waals surface area contributed by atoms with E-state index in [1.54, 1.807) is 10.6 Å². The summed E-state index contributed by atoms with van der Waals surface area (Å²) in [6, 6.07) is 3.67. The first-order valence-corrected chi connectivity index (χ1v) is 4.62. The molecule has 0 spiro atoms. The van der Waals surface area contributed by atoms with Gasteiger partial charge in [0.15, 0.2) is 0 Å². The zero-order valence-corrected chi connectivity index (χ0v) is 8.96. The summed E-state index contributed by atoms with van der Waals surface area (Å²) in [5, 5.41) is 8.78. The van der Waals surface area contributed by atoms with Crippen molar-refractivity contribution >= 4 is 0 Å². The van der Waals surface area contributed by atoms with Crippen LogP contribution in [0.25, 0.3) is 0 Å². The second-order valence-electron chi connectivity index (χ2n) is 3.71. The molecule has 74 valence electrons. The van der Waals surface area contributed by atoms with Gasteiger partial charge in [0, 0.05) is 11.7 Å². The molecule has 0 N–H and O–H groups in total. The minimum Gasteiger partial charge on any atom is -0.309 e. The molecule has 1 rings (SSSR count). The van der Waals surface area contributed by atoms with Gasteiger partial charge in [-0.3, -0.25) is 4.79 Å². The van der Waals surface area contributed by atoms with Crippen LogP contribution in [0, 0.1) is 25.2 Å². The number of nitriles is 1. The summed E-state index contributed by atoms with van der Waals surface area (Å²) < 4.78 is 1.66. The van der Waals surface area contributed by atoms with E-state index in [1.807, 2.05) is 33.8 Å². The zero-order chi connectivity index (χ0) is 10.9. The molecule has 0 amide bonds. The van der Waals surface area contributed by atoms with E-state index in [9.17, 15) is 4.79 Å². The molecular formula is C11H14N2O. The van der Waals surface area contributed by atoms with Gasteiger partial charge in [-0.05, 0) is 39.3 Å². The van der Waals surface area contributed by atoms with Crippen molar-refractivity contribution in [1.29, 1.82) is 5.26 Å². The van der Waals surface area contributed by atoms with Gasteiger partial charge >= 0.3 is 0 Å². The lowest BCUT2D eigenvalue weighted by Gasteiger charge is -2.15. The molecule has 0 unspecified atom stereocenters. The number of nitrogens with zero attached hydrogens (tertiary/aromatic N) is 2. The average Bonchev–Trinajstić information content (AvgIpc) is 2.11. The fourth-order valence-corrected chi connectivity index (χ4v) is 1.56. The summed E-state index contributed by atoms with van der Waals surface area (Å²) in [4.78, 5) is 11.8. The van der Waals surface area contributed by atoms with Crippen LogP contribution in [-0.2, 0) is 0 Å². The largest absolute Gasteiger partial charge is 0.309 e. The van der Waals surface area contributed by atoms with Gasteiger partial charge in [-0.2, -0.15) is 5.26 Å². The van der Waals surface area contributed by atoms with Crippen LogP contribution in [0.1, 0.15) is 36.7 Å². The van der Waals surface area contributed by atoms with E-state index >= 15 is 0 Å². The molecule has 0 aliphatic carbocycles. The first-order valence-electron chi connectivity index (χ1n) is 4.62. The maximum atomic E-state index is 11.8. The van der Waals surface area contributed by atoms with Crippen LogP contribution in [0.15, 0.2) is 10.9 Å². The Morgan fingerprint density at radius 1 is 1.43 bits per heavy atom. The van der Waals surface area contributed by atoms with Crippen molar-refractivity contribution in [3.8, 4) is 6.07 Å². The van der Waals surface area contributed by atoms with Gasteiger partial charge in [0.25, 0.3) is 5.56 Å². The molecule has 1 aromatic heterocycles. The lowest BCUT2D eigenvalue weighted by molar-refractivity contribution is 0.559. The fraction of sp³-hybridized carbons (Fsp3) is 0.455. The maximum absolute atomic E-state index is 11.8. The lowest BCUT2D eigenvalue weighted by Crippen LogP contribution is -2.27. The topological polar surface area (TPSA) is 45.8 Å². The standard InChI is InChI=1S/C11H14N2O/c1-7(2)13-9(4)8(3)5-10(6-12)11(13)14/h5,7H,1-4H3. The molecule has 0 radical (unpaired) electrons. The third kappa shape index (κ3) is 1.56. The highest BCUT2D eigenvalue weighted by Gasteiger charge is 2.10. The van der Waals surface area contributed by atoms with Gasteiger partial charge in [0.1, 0.15) is 11.6 Å². The minimum absolute atomic E-state index is 0.0921. The minimum atomic E-state index is -0.189. The number of rotatable bonds is 1. The van der Waals surface area contributed by atoms with Crippen LogP contribution in [0.5, 0.6) is 0 Å². The third-order valence-electron chi connectivity index (χ3n) is 2.38. The summed E-state index contributed by atoms with van der Waals surface area (Å²) in [6.07, 6.45) is 0. The Bertz CT molecular complexity index is 450. The molecule has 0 aromatic carbocycles. The summed E-state index contributed by atoms with van der Waals surface area (Å²) in [5.41, 5.74) is 1.95. The normalized spacial score (nSPS) is 10.3. The van der Waals surface area contributed by atoms with Crippen molar-refractivity contribution in [3.05, 3.63) is 33.2 Å². The SMILES string of the molecule is Cc1cc(C#N)c(=O)n(C(C)C)c1C. The molecule has 0 saturated heterocycles. The number of aryl methyl sites for hydroxylation is 1. The van der Waals surface area contributed by atoms with E-state index in [0.717, 1.165) is 11.3 Å². The van der Waals surface area contributed by atoms with Crippen molar-refractivity contribution in [2.45, 2.75) is 33.7 Å². The molecule has 0 bridgehead atoms. The summed E-state index contributed by atoms with van der Waals surface area (Å²) in [7, 11) is 0. The van der Waals surface area contributed by atoms with Crippen molar-refractivity contribution < 1.29 is 0 Å². The molecule has 0 aliphatic rings. The van der Waals surface area contributed by atoms with E-state index in [0.29, 0.717) is 0 Å². The Hall–Kier alpha value is -1.56. The maximum Gasteiger partial charge on any atom is 0.268 e. The van der Waals surface area contributed by atoms with Gasteiger partial charge in [0.05, 0.1) is 0 Å². The predicted octanol–water partition coefficient (Wildman–Crippen LogP) is 1.92. The summed E-state index contributed by atoms with van der Waals surface area (Å²) in [6.45, 7) is 7.69. The second kappa shape index (κ2) is 3.67. The highest BCUT2D eigenvalue weighted by Crippen LogP contribution is 2.10. The van der Waals surface area contributed by atoms with E-state index in [-0.39, 0.29) is 17.2 Å². The second-order valence-corrected chi connectivity index (χ2v) is 3.71. The Balaban J connectivity index is 3.64. The van der Waals surface area contributed by atoms with Crippen molar-refractivity contribution in [1.82, 2.24) is 4.57 Å². The van der Waals surface area contributed by atoms with Crippen LogP contribution in [0.4, 0.5) is 0 Å². The first-order chi connectivity index (χ1) is 6.49. The molecule has 0 saturated carbocycles. The van der Waals surface area contributed by atoms with Gasteiger partial charge < -0.3 is 4.57 Å². The van der Waals surface area contributed by atoms with Crippen LogP contribution in [-0.4, -0.2) is 4.57 Å². The molecule has 3 heteroatoms. The van der Waals surface area contributed by atoms with Crippen molar-refractivity contribution in [2.24, 2.45) is 0 Å². The first kappa shape index (κ1) is 10.5. The quantitative estimate of drug-likeness (QED) is 0.679. The lowest BCUT2D eigenvalue weighted by atomic mass is 10.1. The van der Waals surface area contributed by atoms with E-state index < -0.39 is 0 Å². The Labute approximate surface area is 83.6 Å². The predicted molar refractivity (Wildman–Crippen MR) is 55.3 cm³/mol. The molecule has 14 heavy (non-hydrogen) atoms. The fourth-order valence-electron chi connectivity index (χ4n) is 1.56. The van der Waals surface area contributed by atoms with Gasteiger partial charge in [-0.1, -0.05) is 0 Å². The van der Waals surface area contributed by atoms with E-state index in [2.05, 4.69) is 0 Å². The molecule has 0 fully saturated rings. The molecular weight excluding hydrogens is 176 g/mol. The summed E-state index contributed by atoms with van der Waals surface area (Å²) >= 11 is 0. The van der Waals surface area contributed by atoms with Crippen LogP contribution in [0.2, 0.25) is 0 Å². The van der Waals surface area contributed by atoms with Crippen molar-refractivity contribution in [2.75, 3.05) is 0 Å². The molecule has 1 aromatic rings. The zero-order valence-electron chi connectivity index (χ0n) is 8.96. The average molecular weight is 190 g/mol. The van der Waals surface area contributed by atoms with E-state index in [4.69, 9.17) is 5.26 Å². The van der Waals surface area contributed by atoms with Crippen LogP contribution in [0.3, 0.4) is 0 Å². The third-order valence-corrected chi connectivity index (χ3v) is 2.38. The Morgan fingerprint density at radius 3 is 2.43 bits per heavy atom. The number of hydrogen-bond acceptors (Lipinski definition) is 2. The molecule has 0 atom stereocenters. The van der Waals surface area contributed by atoms with Gasteiger partial charge in [0.2, 0.25) is 0 Å². The smallest absolute Gasteiger partial charge is 0.268 e. The van der Waals surface area contributed by atoms with Crippen LogP contribution >= 0.6 is 0 Å². The number of aromatic nitrogens is 1. The van der Waals surface area contributed by atoms with Gasteiger partial charge in [-0.25, -0.2) is 0 Å².